The maximum Gasteiger partial charge on any atom is 0.222 e. The number of aromatic nitrogens is 1. The summed E-state index contributed by atoms with van der Waals surface area (Å²) < 4.78 is 13.4. The van der Waals surface area contributed by atoms with E-state index in [1.54, 1.807) is 12.1 Å². The van der Waals surface area contributed by atoms with Crippen LogP contribution in [0.4, 0.5) is 4.39 Å². The van der Waals surface area contributed by atoms with Gasteiger partial charge in [0.25, 0.3) is 0 Å². The molecule has 1 heterocycles. The van der Waals surface area contributed by atoms with Gasteiger partial charge in [0.1, 0.15) is 5.82 Å². The van der Waals surface area contributed by atoms with Crippen LogP contribution in [0.15, 0.2) is 29.4 Å². The normalized spacial score (nSPS) is 11.4. The summed E-state index contributed by atoms with van der Waals surface area (Å²) in [6.07, 6.45) is 2.62. The van der Waals surface area contributed by atoms with Crippen molar-refractivity contribution in [3.8, 4) is 0 Å². The van der Waals surface area contributed by atoms with Crippen LogP contribution in [0.25, 0.3) is 10.9 Å². The Labute approximate surface area is 176 Å². The summed E-state index contributed by atoms with van der Waals surface area (Å²) in [5.74, 6) is 0.496. The lowest BCUT2D eigenvalue weighted by Gasteiger charge is -2.12. The average molecular weight is 489 g/mol. The molecule has 4 N–H and O–H groups in total. The van der Waals surface area contributed by atoms with E-state index in [9.17, 15) is 9.18 Å². The molecule has 0 aliphatic rings. The zero-order valence-corrected chi connectivity index (χ0v) is 18.4. The van der Waals surface area contributed by atoms with Gasteiger partial charge in [-0.3, -0.25) is 9.79 Å². The van der Waals surface area contributed by atoms with Crippen LogP contribution in [0, 0.1) is 11.7 Å². The average Bonchev–Trinajstić information content (AvgIpc) is 3.00. The number of carbonyl (C=O) groups is 1. The van der Waals surface area contributed by atoms with Crippen LogP contribution in [0.3, 0.4) is 0 Å². The summed E-state index contributed by atoms with van der Waals surface area (Å²) in [4.78, 5) is 19.2. The minimum Gasteiger partial charge on any atom is -0.361 e. The Morgan fingerprint density at radius 2 is 1.96 bits per heavy atom. The first-order chi connectivity index (χ1) is 12.5. The molecule has 0 fully saturated rings. The summed E-state index contributed by atoms with van der Waals surface area (Å²) in [5.41, 5.74) is 1.97. The predicted molar refractivity (Wildman–Crippen MR) is 119 cm³/mol. The summed E-state index contributed by atoms with van der Waals surface area (Å²) in [6, 6.07) is 4.74. The Kier molecular flexibility index (Phi) is 10.1. The highest BCUT2D eigenvalue weighted by Crippen LogP contribution is 2.19. The number of carbonyl (C=O) groups excluding carboxylic acids is 1. The molecule has 2 rings (SSSR count). The molecule has 1 aromatic heterocycles. The Hall–Kier alpha value is -1.84. The number of benzene rings is 1. The first-order valence-corrected chi connectivity index (χ1v) is 9.06. The number of fused-ring (bicyclic) bond motifs is 1. The molecule has 27 heavy (non-hydrogen) atoms. The number of hydrogen-bond acceptors (Lipinski definition) is 2. The van der Waals surface area contributed by atoms with Crippen molar-refractivity contribution in [3.05, 3.63) is 35.8 Å². The lowest BCUT2D eigenvalue weighted by atomic mass is 10.1. The fraction of sp³-hybridized carbons (Fsp3) is 0.474. The highest BCUT2D eigenvalue weighted by atomic mass is 127. The van der Waals surface area contributed by atoms with E-state index in [1.807, 2.05) is 27.0 Å². The molecule has 0 aliphatic carbocycles. The number of halogens is 2. The van der Waals surface area contributed by atoms with Gasteiger partial charge in [-0.05, 0) is 37.1 Å². The van der Waals surface area contributed by atoms with Gasteiger partial charge in [-0.15, -0.1) is 24.0 Å². The topological polar surface area (TPSA) is 81.3 Å². The molecule has 1 aromatic carbocycles. The van der Waals surface area contributed by atoms with Crippen LogP contribution in [-0.2, 0) is 11.2 Å². The molecule has 0 saturated carbocycles. The van der Waals surface area contributed by atoms with E-state index < -0.39 is 0 Å². The number of nitrogens with one attached hydrogen (secondary N) is 4. The number of aliphatic imine (C=N–C) groups is 1. The Morgan fingerprint density at radius 1 is 1.22 bits per heavy atom. The highest BCUT2D eigenvalue weighted by Gasteiger charge is 2.06. The van der Waals surface area contributed by atoms with E-state index in [4.69, 9.17) is 0 Å². The van der Waals surface area contributed by atoms with Crippen LogP contribution >= 0.6 is 24.0 Å². The van der Waals surface area contributed by atoms with Gasteiger partial charge in [-0.1, -0.05) is 13.8 Å². The van der Waals surface area contributed by atoms with E-state index in [-0.39, 0.29) is 41.6 Å². The van der Waals surface area contributed by atoms with Crippen molar-refractivity contribution in [3.63, 3.8) is 0 Å². The van der Waals surface area contributed by atoms with Gasteiger partial charge in [0.15, 0.2) is 5.96 Å². The molecule has 0 unspecified atom stereocenters. The van der Waals surface area contributed by atoms with Crippen LogP contribution in [0.5, 0.6) is 0 Å². The van der Waals surface area contributed by atoms with Crippen molar-refractivity contribution in [1.29, 1.82) is 0 Å². The predicted octanol–water partition coefficient (Wildman–Crippen LogP) is 2.79. The summed E-state index contributed by atoms with van der Waals surface area (Å²) in [5, 5.41) is 10.1. The van der Waals surface area contributed by atoms with E-state index in [0.717, 1.165) is 23.0 Å². The molecule has 0 radical (unpaired) electrons. The molecule has 0 aliphatic heterocycles. The van der Waals surface area contributed by atoms with E-state index >= 15 is 0 Å². The van der Waals surface area contributed by atoms with Crippen molar-refractivity contribution in [2.45, 2.75) is 27.2 Å². The third-order valence-corrected chi connectivity index (χ3v) is 3.97. The fourth-order valence-corrected chi connectivity index (χ4v) is 2.56. The number of amides is 1. The molecule has 6 nitrogen and oxygen atoms in total. The third kappa shape index (κ3) is 7.36. The van der Waals surface area contributed by atoms with Crippen LogP contribution in [-0.4, -0.2) is 43.0 Å². The van der Waals surface area contributed by atoms with Crippen LogP contribution in [0.2, 0.25) is 0 Å². The van der Waals surface area contributed by atoms with Gasteiger partial charge in [-0.2, -0.15) is 0 Å². The molecular weight excluding hydrogens is 460 g/mol. The minimum absolute atomic E-state index is 0. The van der Waals surface area contributed by atoms with Gasteiger partial charge in [-0.25, -0.2) is 4.39 Å². The number of rotatable bonds is 8. The summed E-state index contributed by atoms with van der Waals surface area (Å²) in [7, 11) is 0. The highest BCUT2D eigenvalue weighted by molar-refractivity contribution is 14.0. The van der Waals surface area contributed by atoms with Crippen molar-refractivity contribution >= 4 is 46.7 Å². The molecule has 8 heteroatoms. The summed E-state index contributed by atoms with van der Waals surface area (Å²) in [6.45, 7) is 8.21. The molecule has 0 atom stereocenters. The SMILES string of the molecule is CCNC(=NCCc1c[nH]c2ccc(F)cc12)NCCNC(=O)C(C)C.I. The molecular formula is C19H29FIN5O. The molecule has 2 aromatic rings. The van der Waals surface area contributed by atoms with Crippen molar-refractivity contribution in [1.82, 2.24) is 20.9 Å². The van der Waals surface area contributed by atoms with Crippen LogP contribution < -0.4 is 16.0 Å². The number of hydrogen-bond donors (Lipinski definition) is 4. The van der Waals surface area contributed by atoms with Crippen LogP contribution in [0.1, 0.15) is 26.3 Å². The number of nitrogens with zero attached hydrogens (tertiary/aromatic N) is 1. The van der Waals surface area contributed by atoms with Crippen molar-refractivity contribution in [2.75, 3.05) is 26.2 Å². The zero-order chi connectivity index (χ0) is 18.9. The lowest BCUT2D eigenvalue weighted by Crippen LogP contribution is -2.42. The first kappa shape index (κ1) is 23.2. The number of H-pyrrole nitrogens is 1. The van der Waals surface area contributed by atoms with Crippen molar-refractivity contribution in [2.24, 2.45) is 10.9 Å². The van der Waals surface area contributed by atoms with Gasteiger partial charge >= 0.3 is 0 Å². The summed E-state index contributed by atoms with van der Waals surface area (Å²) >= 11 is 0. The lowest BCUT2D eigenvalue weighted by molar-refractivity contribution is -0.123. The Balaban J connectivity index is 0.00000364. The maximum absolute atomic E-state index is 13.4. The Morgan fingerprint density at radius 3 is 2.67 bits per heavy atom. The molecule has 0 saturated heterocycles. The zero-order valence-electron chi connectivity index (χ0n) is 16.1. The monoisotopic (exact) mass is 489 g/mol. The second kappa shape index (κ2) is 11.8. The van der Waals surface area contributed by atoms with Gasteiger partial charge in [0.2, 0.25) is 5.91 Å². The molecule has 150 valence electrons. The standard InChI is InChI=1S/C19H28FN5O.HI/c1-4-21-19(24-10-9-22-18(26)13(2)3)23-8-7-14-12-25-17-6-5-15(20)11-16(14)17;/h5-6,11-13,25H,4,7-10H2,1-3H3,(H,22,26)(H2,21,23,24);1H. The fourth-order valence-electron chi connectivity index (χ4n) is 2.56. The molecule has 0 spiro atoms. The smallest absolute Gasteiger partial charge is 0.222 e. The minimum atomic E-state index is -0.236. The molecule has 0 bridgehead atoms. The maximum atomic E-state index is 13.4. The third-order valence-electron chi connectivity index (χ3n) is 3.97. The quantitative estimate of drug-likeness (QED) is 0.199. The van der Waals surface area contributed by atoms with E-state index in [1.165, 1.54) is 6.07 Å². The van der Waals surface area contributed by atoms with E-state index in [2.05, 4.69) is 25.9 Å². The van der Waals surface area contributed by atoms with Gasteiger partial charge < -0.3 is 20.9 Å². The van der Waals surface area contributed by atoms with Crippen molar-refractivity contribution < 1.29 is 9.18 Å². The first-order valence-electron chi connectivity index (χ1n) is 9.06. The largest absolute Gasteiger partial charge is 0.361 e. The number of guanidine groups is 1. The van der Waals surface area contributed by atoms with Gasteiger partial charge in [0, 0.05) is 49.2 Å². The second-order valence-electron chi connectivity index (χ2n) is 6.39. The Bertz CT molecular complexity index is 760. The second-order valence-corrected chi connectivity index (χ2v) is 6.39. The van der Waals surface area contributed by atoms with E-state index in [0.29, 0.717) is 32.0 Å². The van der Waals surface area contributed by atoms with Gasteiger partial charge in [0.05, 0.1) is 0 Å². The number of aromatic amines is 1. The molecule has 1 amide bonds.